The second kappa shape index (κ2) is 4.03. The van der Waals surface area contributed by atoms with Crippen LogP contribution in [-0.4, -0.2) is 14.5 Å². The van der Waals surface area contributed by atoms with E-state index < -0.39 is 0 Å². The van der Waals surface area contributed by atoms with E-state index in [1.807, 2.05) is 23.8 Å². The van der Waals surface area contributed by atoms with E-state index in [1.54, 1.807) is 18.3 Å². The zero-order chi connectivity index (χ0) is 11.5. The van der Waals surface area contributed by atoms with Crippen molar-refractivity contribution in [2.75, 3.05) is 5.73 Å². The van der Waals surface area contributed by atoms with E-state index >= 15 is 0 Å². The Morgan fingerprint density at radius 2 is 2.31 bits per heavy atom. The molecule has 0 saturated carbocycles. The maximum atomic E-state index is 8.85. The Bertz CT molecular complexity index is 550. The van der Waals surface area contributed by atoms with Gasteiger partial charge in [0, 0.05) is 18.8 Å². The Balaban J connectivity index is 2.53. The maximum absolute atomic E-state index is 8.85. The van der Waals surface area contributed by atoms with Crippen molar-refractivity contribution in [2.45, 2.75) is 13.3 Å². The first-order valence-corrected chi connectivity index (χ1v) is 4.95. The predicted octanol–water partition coefficient (Wildman–Crippen LogP) is 1.28. The largest absolute Gasteiger partial charge is 0.396 e. The molecule has 16 heavy (non-hydrogen) atoms. The minimum Gasteiger partial charge on any atom is -0.396 e. The van der Waals surface area contributed by atoms with Gasteiger partial charge in [0.25, 0.3) is 0 Å². The van der Waals surface area contributed by atoms with Crippen LogP contribution in [0.15, 0.2) is 24.5 Å². The minimum atomic E-state index is 0.244. The van der Waals surface area contributed by atoms with Gasteiger partial charge in [-0.15, -0.1) is 0 Å². The molecule has 0 aliphatic carbocycles. The third-order valence-electron chi connectivity index (χ3n) is 2.30. The van der Waals surface area contributed by atoms with Crippen molar-refractivity contribution in [2.24, 2.45) is 0 Å². The molecule has 0 bridgehead atoms. The quantitative estimate of drug-likeness (QED) is 0.814. The van der Waals surface area contributed by atoms with Gasteiger partial charge in [0.15, 0.2) is 5.69 Å². The number of pyridine rings is 1. The number of hydrogen-bond donors (Lipinski definition) is 1. The molecule has 0 spiro atoms. The summed E-state index contributed by atoms with van der Waals surface area (Å²) in [6, 6.07) is 5.42. The second-order valence-corrected chi connectivity index (χ2v) is 3.29. The summed E-state index contributed by atoms with van der Waals surface area (Å²) in [6.07, 6.45) is 4.34. The van der Waals surface area contributed by atoms with Gasteiger partial charge in [0.1, 0.15) is 17.7 Å². The van der Waals surface area contributed by atoms with Crippen molar-refractivity contribution < 1.29 is 0 Å². The molecule has 0 aromatic carbocycles. The Kier molecular flexibility index (Phi) is 2.56. The average molecular weight is 213 g/mol. The fourth-order valence-corrected chi connectivity index (χ4v) is 1.49. The van der Waals surface area contributed by atoms with Crippen molar-refractivity contribution in [3.8, 4) is 11.9 Å². The van der Waals surface area contributed by atoms with E-state index in [2.05, 4.69) is 9.97 Å². The molecule has 0 saturated heterocycles. The molecule has 0 aliphatic heterocycles. The fraction of sp³-hybridized carbons (Fsp3) is 0.182. The lowest BCUT2D eigenvalue weighted by Gasteiger charge is -2.06. The Morgan fingerprint density at radius 1 is 1.50 bits per heavy atom. The van der Waals surface area contributed by atoms with Crippen LogP contribution in [0.2, 0.25) is 0 Å². The molecule has 5 nitrogen and oxygen atoms in total. The highest BCUT2D eigenvalue weighted by atomic mass is 15.1. The number of aryl methyl sites for hydroxylation is 1. The number of nitriles is 1. The van der Waals surface area contributed by atoms with Gasteiger partial charge in [-0.2, -0.15) is 5.26 Å². The van der Waals surface area contributed by atoms with Gasteiger partial charge in [0.05, 0.1) is 5.69 Å². The molecule has 2 aromatic rings. The third-order valence-corrected chi connectivity index (χ3v) is 2.30. The summed E-state index contributed by atoms with van der Waals surface area (Å²) >= 11 is 0. The number of hydrogen-bond acceptors (Lipinski definition) is 4. The summed E-state index contributed by atoms with van der Waals surface area (Å²) in [4.78, 5) is 8.38. The standard InChI is InChI=1S/C11H11N5/c1-2-10-14-5-6-16(10)11-4-3-8(13)9(7-12)15-11/h3-6H,2,13H2,1H3. The Morgan fingerprint density at radius 3 is 3.00 bits per heavy atom. The van der Waals surface area contributed by atoms with Gasteiger partial charge in [0.2, 0.25) is 0 Å². The van der Waals surface area contributed by atoms with E-state index in [0.717, 1.165) is 12.2 Å². The molecule has 2 N–H and O–H groups in total. The average Bonchev–Trinajstić information content (AvgIpc) is 2.78. The molecule has 2 aromatic heterocycles. The van der Waals surface area contributed by atoms with Gasteiger partial charge < -0.3 is 5.73 Å². The maximum Gasteiger partial charge on any atom is 0.165 e. The first kappa shape index (κ1) is 10.2. The lowest BCUT2D eigenvalue weighted by Crippen LogP contribution is -2.04. The molecule has 80 valence electrons. The van der Waals surface area contributed by atoms with Crippen LogP contribution in [0.1, 0.15) is 18.4 Å². The molecule has 2 heterocycles. The summed E-state index contributed by atoms with van der Waals surface area (Å²) in [5.74, 6) is 1.57. The molecule has 0 radical (unpaired) electrons. The summed E-state index contributed by atoms with van der Waals surface area (Å²) in [5.41, 5.74) is 6.25. The molecule has 0 atom stereocenters. The molecule has 0 aliphatic rings. The first-order chi connectivity index (χ1) is 7.76. The van der Waals surface area contributed by atoms with Gasteiger partial charge in [-0.1, -0.05) is 6.92 Å². The number of nitrogens with two attached hydrogens (primary N) is 1. The van der Waals surface area contributed by atoms with Crippen molar-refractivity contribution >= 4 is 5.69 Å². The minimum absolute atomic E-state index is 0.244. The molecule has 0 amide bonds. The van der Waals surface area contributed by atoms with E-state index in [1.165, 1.54) is 0 Å². The highest BCUT2D eigenvalue weighted by Gasteiger charge is 2.06. The monoisotopic (exact) mass is 213 g/mol. The Hall–Kier alpha value is -2.35. The fourth-order valence-electron chi connectivity index (χ4n) is 1.49. The zero-order valence-corrected chi connectivity index (χ0v) is 8.88. The van der Waals surface area contributed by atoms with Crippen LogP contribution in [0.3, 0.4) is 0 Å². The number of nitrogens with zero attached hydrogens (tertiary/aromatic N) is 4. The number of nitrogen functional groups attached to an aromatic ring is 1. The highest BCUT2D eigenvalue weighted by Crippen LogP contribution is 2.13. The summed E-state index contributed by atoms with van der Waals surface area (Å²) < 4.78 is 1.85. The van der Waals surface area contributed by atoms with Crippen molar-refractivity contribution in [1.82, 2.24) is 14.5 Å². The molecule has 0 fully saturated rings. The smallest absolute Gasteiger partial charge is 0.165 e. The van der Waals surface area contributed by atoms with Crippen LogP contribution >= 0.6 is 0 Å². The normalized spacial score (nSPS) is 10.0. The summed E-state index contributed by atoms with van der Waals surface area (Å²) in [6.45, 7) is 2.02. The van der Waals surface area contributed by atoms with E-state index in [9.17, 15) is 0 Å². The first-order valence-electron chi connectivity index (χ1n) is 4.95. The topological polar surface area (TPSA) is 80.5 Å². The molecular formula is C11H11N5. The summed E-state index contributed by atoms with van der Waals surface area (Å²) in [7, 11) is 0. The van der Waals surface area contributed by atoms with E-state index in [4.69, 9.17) is 11.0 Å². The van der Waals surface area contributed by atoms with Gasteiger partial charge in [-0.05, 0) is 12.1 Å². The zero-order valence-electron chi connectivity index (χ0n) is 8.88. The third kappa shape index (κ3) is 1.61. The van der Waals surface area contributed by atoms with Crippen LogP contribution in [0.4, 0.5) is 5.69 Å². The van der Waals surface area contributed by atoms with Gasteiger partial charge in [-0.3, -0.25) is 4.57 Å². The number of aromatic nitrogens is 3. The van der Waals surface area contributed by atoms with E-state index in [-0.39, 0.29) is 5.69 Å². The van der Waals surface area contributed by atoms with Crippen LogP contribution < -0.4 is 5.73 Å². The lowest BCUT2D eigenvalue weighted by atomic mass is 10.3. The second-order valence-electron chi connectivity index (χ2n) is 3.29. The molecule has 5 heteroatoms. The Labute approximate surface area is 93.2 Å². The number of rotatable bonds is 2. The predicted molar refractivity (Wildman–Crippen MR) is 59.9 cm³/mol. The van der Waals surface area contributed by atoms with Crippen LogP contribution in [-0.2, 0) is 6.42 Å². The van der Waals surface area contributed by atoms with Crippen molar-refractivity contribution in [3.63, 3.8) is 0 Å². The van der Waals surface area contributed by atoms with Gasteiger partial charge in [-0.25, -0.2) is 9.97 Å². The molecular weight excluding hydrogens is 202 g/mol. The van der Waals surface area contributed by atoms with Crippen LogP contribution in [0.25, 0.3) is 5.82 Å². The highest BCUT2D eigenvalue weighted by molar-refractivity contribution is 5.52. The number of imidazole rings is 1. The molecule has 0 unspecified atom stereocenters. The number of anilines is 1. The lowest BCUT2D eigenvalue weighted by molar-refractivity contribution is 0.866. The SMILES string of the molecule is CCc1nccn1-c1ccc(N)c(C#N)n1. The van der Waals surface area contributed by atoms with Crippen LogP contribution in [0.5, 0.6) is 0 Å². The van der Waals surface area contributed by atoms with E-state index in [0.29, 0.717) is 11.5 Å². The summed E-state index contributed by atoms with van der Waals surface area (Å²) in [5, 5.41) is 8.85. The van der Waals surface area contributed by atoms with Crippen molar-refractivity contribution in [3.05, 3.63) is 36.0 Å². The van der Waals surface area contributed by atoms with Crippen LogP contribution in [0, 0.1) is 11.3 Å². The molecule has 2 rings (SSSR count). The van der Waals surface area contributed by atoms with Crippen molar-refractivity contribution in [1.29, 1.82) is 5.26 Å². The van der Waals surface area contributed by atoms with Gasteiger partial charge >= 0.3 is 0 Å².